The first-order valence-electron chi connectivity index (χ1n) is 6.97. The number of piperidine rings is 1. The van der Waals surface area contributed by atoms with Crippen molar-refractivity contribution >= 4 is 5.91 Å². The summed E-state index contributed by atoms with van der Waals surface area (Å²) in [4.78, 5) is 13.9. The molecule has 1 aromatic carbocycles. The molecule has 1 aromatic rings. The fraction of sp³-hybridized carbons (Fsp3) is 0.533. The van der Waals surface area contributed by atoms with Crippen LogP contribution >= 0.6 is 0 Å². The molecule has 104 valence electrons. The third-order valence-electron chi connectivity index (χ3n) is 4.09. The molecular formula is C15H23N3O. The first-order chi connectivity index (χ1) is 9.11. The molecule has 1 aliphatic rings. The number of hydrogen-bond donors (Lipinski definition) is 2. The average Bonchev–Trinajstić information content (AvgIpc) is 2.43. The van der Waals surface area contributed by atoms with Gasteiger partial charge in [0.15, 0.2) is 0 Å². The van der Waals surface area contributed by atoms with Crippen LogP contribution in [0.4, 0.5) is 0 Å². The molecule has 1 amide bonds. The highest BCUT2D eigenvalue weighted by Gasteiger charge is 2.24. The molecule has 1 heterocycles. The van der Waals surface area contributed by atoms with Crippen LogP contribution in [0.2, 0.25) is 0 Å². The molecular weight excluding hydrogens is 238 g/mol. The van der Waals surface area contributed by atoms with E-state index in [9.17, 15) is 4.79 Å². The first kappa shape index (κ1) is 14.0. The van der Waals surface area contributed by atoms with E-state index in [1.54, 1.807) is 0 Å². The zero-order valence-electron chi connectivity index (χ0n) is 11.7. The molecule has 19 heavy (non-hydrogen) atoms. The largest absolute Gasteiger partial charge is 0.294 e. The smallest absolute Gasteiger partial charge is 0.265 e. The second kappa shape index (κ2) is 6.17. The molecule has 1 fully saturated rings. The number of benzene rings is 1. The topological polar surface area (TPSA) is 58.4 Å². The van der Waals surface area contributed by atoms with Crippen molar-refractivity contribution in [2.45, 2.75) is 51.7 Å². The number of carbonyl (C=O) groups is 1. The van der Waals surface area contributed by atoms with Gasteiger partial charge in [-0.1, -0.05) is 18.6 Å². The van der Waals surface area contributed by atoms with Crippen LogP contribution in [0.5, 0.6) is 0 Å². The lowest BCUT2D eigenvalue weighted by molar-refractivity contribution is 0.0945. The van der Waals surface area contributed by atoms with Gasteiger partial charge >= 0.3 is 0 Å². The summed E-state index contributed by atoms with van der Waals surface area (Å²) >= 11 is 0. The Bertz CT molecular complexity index is 420. The molecule has 0 bridgehead atoms. The second-order valence-corrected chi connectivity index (χ2v) is 5.47. The van der Waals surface area contributed by atoms with Crippen molar-refractivity contribution in [1.29, 1.82) is 0 Å². The Hall–Kier alpha value is -1.39. The Kier molecular flexibility index (Phi) is 4.56. The number of amides is 1. The molecule has 0 aliphatic carbocycles. The summed E-state index contributed by atoms with van der Waals surface area (Å²) in [7, 11) is 0. The van der Waals surface area contributed by atoms with Gasteiger partial charge in [0.2, 0.25) is 0 Å². The number of likely N-dealkylation sites (tertiary alicyclic amines) is 1. The molecule has 2 rings (SSSR count). The van der Waals surface area contributed by atoms with Gasteiger partial charge in [-0.25, -0.2) is 5.84 Å². The summed E-state index contributed by atoms with van der Waals surface area (Å²) < 4.78 is 0. The average molecular weight is 261 g/mol. The van der Waals surface area contributed by atoms with Crippen molar-refractivity contribution in [3.63, 3.8) is 0 Å². The number of carbonyl (C=O) groups excluding carboxylic acids is 1. The number of nitrogens with zero attached hydrogens (tertiary/aromatic N) is 1. The van der Waals surface area contributed by atoms with Gasteiger partial charge in [-0.05, 0) is 44.4 Å². The molecule has 4 heteroatoms. The number of rotatable bonds is 3. The normalized spacial score (nSPS) is 24.2. The van der Waals surface area contributed by atoms with Gasteiger partial charge in [0.25, 0.3) is 5.91 Å². The third-order valence-corrected chi connectivity index (χ3v) is 4.09. The standard InChI is InChI=1S/C15H23N3O/c1-11-4-3-5-12(2)18(11)10-13-6-8-14(9-7-13)15(19)17-16/h6-9,11-12H,3-5,10,16H2,1-2H3,(H,17,19). The van der Waals surface area contributed by atoms with Crippen LogP contribution in [0, 0.1) is 0 Å². The monoisotopic (exact) mass is 261 g/mol. The van der Waals surface area contributed by atoms with Crippen molar-refractivity contribution in [3.8, 4) is 0 Å². The van der Waals surface area contributed by atoms with E-state index in [4.69, 9.17) is 5.84 Å². The zero-order chi connectivity index (χ0) is 13.8. The number of hydrazine groups is 1. The predicted octanol–water partition coefficient (Wildman–Crippen LogP) is 2.05. The van der Waals surface area contributed by atoms with Gasteiger partial charge in [-0.15, -0.1) is 0 Å². The number of nitrogen functional groups attached to an aromatic ring is 1. The van der Waals surface area contributed by atoms with E-state index >= 15 is 0 Å². The van der Waals surface area contributed by atoms with E-state index in [1.807, 2.05) is 24.3 Å². The van der Waals surface area contributed by atoms with E-state index in [2.05, 4.69) is 24.2 Å². The van der Waals surface area contributed by atoms with E-state index in [0.29, 0.717) is 17.6 Å². The maximum absolute atomic E-state index is 11.4. The highest BCUT2D eigenvalue weighted by molar-refractivity contribution is 5.93. The van der Waals surface area contributed by atoms with E-state index in [1.165, 1.54) is 24.8 Å². The Labute approximate surface area is 114 Å². The van der Waals surface area contributed by atoms with Crippen molar-refractivity contribution in [2.75, 3.05) is 0 Å². The minimum atomic E-state index is -0.244. The molecule has 0 radical (unpaired) electrons. The van der Waals surface area contributed by atoms with Crippen LogP contribution in [0.3, 0.4) is 0 Å². The number of hydrogen-bond acceptors (Lipinski definition) is 3. The van der Waals surface area contributed by atoms with Gasteiger partial charge in [-0.2, -0.15) is 0 Å². The van der Waals surface area contributed by atoms with Crippen LogP contribution in [0.1, 0.15) is 49.0 Å². The van der Waals surface area contributed by atoms with Crippen molar-refractivity contribution in [1.82, 2.24) is 10.3 Å². The Morgan fingerprint density at radius 2 is 1.84 bits per heavy atom. The summed E-state index contributed by atoms with van der Waals surface area (Å²) in [5, 5.41) is 0. The quantitative estimate of drug-likeness (QED) is 0.497. The molecule has 1 aliphatic heterocycles. The summed E-state index contributed by atoms with van der Waals surface area (Å²) in [6, 6.07) is 8.96. The second-order valence-electron chi connectivity index (χ2n) is 5.47. The summed E-state index contributed by atoms with van der Waals surface area (Å²) in [6.45, 7) is 5.55. The first-order valence-corrected chi connectivity index (χ1v) is 6.97. The van der Waals surface area contributed by atoms with Crippen LogP contribution in [-0.4, -0.2) is 22.9 Å². The number of nitrogens with two attached hydrogens (primary N) is 1. The summed E-state index contributed by atoms with van der Waals surface area (Å²) in [5.41, 5.74) is 3.99. The van der Waals surface area contributed by atoms with Crippen LogP contribution < -0.4 is 11.3 Å². The third kappa shape index (κ3) is 3.33. The lowest BCUT2D eigenvalue weighted by atomic mass is 9.96. The summed E-state index contributed by atoms with van der Waals surface area (Å²) in [5.74, 6) is 4.88. The minimum absolute atomic E-state index is 0.244. The lowest BCUT2D eigenvalue weighted by Crippen LogP contribution is -2.42. The Morgan fingerprint density at radius 1 is 1.26 bits per heavy atom. The molecule has 0 saturated carbocycles. The van der Waals surface area contributed by atoms with E-state index in [-0.39, 0.29) is 5.91 Å². The highest BCUT2D eigenvalue weighted by Crippen LogP contribution is 2.24. The van der Waals surface area contributed by atoms with Crippen molar-refractivity contribution in [3.05, 3.63) is 35.4 Å². The SMILES string of the molecule is CC1CCCC(C)N1Cc1ccc(C(=O)NN)cc1. The molecule has 3 N–H and O–H groups in total. The van der Waals surface area contributed by atoms with Gasteiger partial charge < -0.3 is 0 Å². The van der Waals surface area contributed by atoms with Crippen LogP contribution in [0.25, 0.3) is 0 Å². The van der Waals surface area contributed by atoms with Gasteiger partial charge in [0, 0.05) is 24.2 Å². The van der Waals surface area contributed by atoms with Crippen LogP contribution in [-0.2, 0) is 6.54 Å². The lowest BCUT2D eigenvalue weighted by Gasteiger charge is -2.39. The van der Waals surface area contributed by atoms with Gasteiger partial charge in [0.1, 0.15) is 0 Å². The minimum Gasteiger partial charge on any atom is -0.294 e. The fourth-order valence-electron chi connectivity index (χ4n) is 2.84. The van der Waals surface area contributed by atoms with Crippen LogP contribution in [0.15, 0.2) is 24.3 Å². The van der Waals surface area contributed by atoms with E-state index < -0.39 is 0 Å². The predicted molar refractivity (Wildman–Crippen MR) is 76.4 cm³/mol. The maximum Gasteiger partial charge on any atom is 0.265 e. The maximum atomic E-state index is 11.4. The van der Waals surface area contributed by atoms with Gasteiger partial charge in [-0.3, -0.25) is 15.1 Å². The molecule has 2 atom stereocenters. The van der Waals surface area contributed by atoms with Crippen molar-refractivity contribution < 1.29 is 4.79 Å². The highest BCUT2D eigenvalue weighted by atomic mass is 16.2. The van der Waals surface area contributed by atoms with E-state index in [0.717, 1.165) is 6.54 Å². The van der Waals surface area contributed by atoms with Gasteiger partial charge in [0.05, 0.1) is 0 Å². The van der Waals surface area contributed by atoms with Crippen molar-refractivity contribution in [2.24, 2.45) is 5.84 Å². The summed E-state index contributed by atoms with van der Waals surface area (Å²) in [6.07, 6.45) is 3.88. The fourth-order valence-corrected chi connectivity index (χ4v) is 2.84. The molecule has 2 unspecified atom stereocenters. The number of nitrogens with one attached hydrogen (secondary N) is 1. The molecule has 0 aromatic heterocycles. The molecule has 0 spiro atoms. The zero-order valence-corrected chi connectivity index (χ0v) is 11.7. The Morgan fingerprint density at radius 3 is 2.37 bits per heavy atom. The molecule has 1 saturated heterocycles. The molecule has 4 nitrogen and oxygen atoms in total. The Balaban J connectivity index is 2.04.